The Morgan fingerprint density at radius 2 is 2.18 bits per heavy atom. The molecule has 1 aromatic heterocycles. The van der Waals surface area contributed by atoms with Gasteiger partial charge in [-0.25, -0.2) is 0 Å². The highest BCUT2D eigenvalue weighted by Gasteiger charge is 2.27. The van der Waals surface area contributed by atoms with Gasteiger partial charge in [0.15, 0.2) is 6.10 Å². The van der Waals surface area contributed by atoms with Crippen molar-refractivity contribution in [3.63, 3.8) is 0 Å². The number of hydrogen-bond donors (Lipinski definition) is 1. The van der Waals surface area contributed by atoms with Gasteiger partial charge >= 0.3 is 0 Å². The monoisotopic (exact) mass is 318 g/mol. The van der Waals surface area contributed by atoms with Crippen LogP contribution in [0, 0.1) is 13.8 Å². The van der Waals surface area contributed by atoms with E-state index in [2.05, 4.69) is 10.5 Å². The van der Waals surface area contributed by atoms with Gasteiger partial charge in [-0.3, -0.25) is 4.79 Å². The summed E-state index contributed by atoms with van der Waals surface area (Å²) in [4.78, 5) is 12.0. The highest BCUT2D eigenvalue weighted by Crippen LogP contribution is 2.36. The van der Waals surface area contributed by atoms with E-state index in [-0.39, 0.29) is 5.91 Å². The number of nitrogens with zero attached hydrogens (tertiary/aromatic N) is 1. The molecule has 0 saturated heterocycles. The molecule has 1 unspecified atom stereocenters. The highest BCUT2D eigenvalue weighted by atomic mass is 32.2. The number of ether oxygens (including phenoxy) is 1. The number of fused-ring (bicyclic) bond motifs is 1. The van der Waals surface area contributed by atoms with Crippen molar-refractivity contribution < 1.29 is 14.1 Å². The van der Waals surface area contributed by atoms with Crippen LogP contribution in [0.4, 0.5) is 5.69 Å². The summed E-state index contributed by atoms with van der Waals surface area (Å²) in [6.07, 6.45) is 2.28. The lowest BCUT2D eigenvalue weighted by molar-refractivity contribution is -0.123. The molecule has 6 heteroatoms. The van der Waals surface area contributed by atoms with Crippen LogP contribution in [-0.2, 0) is 4.79 Å². The van der Waals surface area contributed by atoms with Gasteiger partial charge in [-0.2, -0.15) is 11.8 Å². The van der Waals surface area contributed by atoms with E-state index in [0.29, 0.717) is 17.9 Å². The molecule has 22 heavy (non-hydrogen) atoms. The Labute approximate surface area is 133 Å². The first-order chi connectivity index (χ1) is 10.6. The van der Waals surface area contributed by atoms with Crippen LogP contribution in [-0.4, -0.2) is 29.2 Å². The van der Waals surface area contributed by atoms with Crippen molar-refractivity contribution >= 4 is 23.4 Å². The van der Waals surface area contributed by atoms with Crippen molar-refractivity contribution in [3.8, 4) is 16.9 Å². The van der Waals surface area contributed by atoms with Crippen molar-refractivity contribution in [1.82, 2.24) is 5.16 Å². The third-order valence-electron chi connectivity index (χ3n) is 3.71. The second-order valence-corrected chi connectivity index (χ2v) is 6.27. The van der Waals surface area contributed by atoms with Gasteiger partial charge in [0.1, 0.15) is 11.5 Å². The van der Waals surface area contributed by atoms with Gasteiger partial charge in [-0.05, 0) is 43.6 Å². The number of carbonyl (C=O) groups is 1. The van der Waals surface area contributed by atoms with Gasteiger partial charge in [0, 0.05) is 12.0 Å². The molecule has 0 aliphatic carbocycles. The normalized spacial score (nSPS) is 16.9. The predicted octanol–water partition coefficient (Wildman–Crippen LogP) is 3.41. The van der Waals surface area contributed by atoms with Crippen LogP contribution < -0.4 is 10.1 Å². The average Bonchev–Trinajstić information content (AvgIpc) is 2.84. The van der Waals surface area contributed by atoms with Crippen LogP contribution >= 0.6 is 11.8 Å². The first-order valence-corrected chi connectivity index (χ1v) is 8.53. The summed E-state index contributed by atoms with van der Waals surface area (Å²) in [7, 11) is 0. The molecule has 1 N–H and O–H groups in total. The average molecular weight is 318 g/mol. The molecule has 0 bridgehead atoms. The molecular formula is C16H18N2O3S. The fraction of sp³-hybridized carbons (Fsp3) is 0.375. The number of hydrogen-bond acceptors (Lipinski definition) is 5. The maximum Gasteiger partial charge on any atom is 0.265 e. The van der Waals surface area contributed by atoms with Gasteiger partial charge in [0.2, 0.25) is 0 Å². The van der Waals surface area contributed by atoms with Crippen molar-refractivity contribution in [2.45, 2.75) is 26.4 Å². The number of aryl methyl sites for hydroxylation is 2. The molecule has 2 aromatic rings. The van der Waals surface area contributed by atoms with Gasteiger partial charge < -0.3 is 14.6 Å². The largest absolute Gasteiger partial charge is 0.478 e. The lowest BCUT2D eigenvalue weighted by Crippen LogP contribution is -2.37. The van der Waals surface area contributed by atoms with Gasteiger partial charge in [0.25, 0.3) is 5.91 Å². The minimum atomic E-state index is -0.431. The molecule has 1 aliphatic rings. The van der Waals surface area contributed by atoms with E-state index in [1.807, 2.05) is 38.3 Å². The summed E-state index contributed by atoms with van der Waals surface area (Å²) in [5, 5.41) is 6.89. The minimum absolute atomic E-state index is 0.0772. The molecule has 0 radical (unpaired) electrons. The zero-order valence-corrected chi connectivity index (χ0v) is 13.6. The Balaban J connectivity index is 1.92. The Bertz CT molecular complexity index is 692. The zero-order chi connectivity index (χ0) is 15.7. The first-order valence-electron chi connectivity index (χ1n) is 7.14. The molecule has 0 spiro atoms. The van der Waals surface area contributed by atoms with E-state index >= 15 is 0 Å². The topological polar surface area (TPSA) is 64.4 Å². The van der Waals surface area contributed by atoms with Gasteiger partial charge in [0.05, 0.1) is 11.4 Å². The third-order valence-corrected chi connectivity index (χ3v) is 4.35. The molecule has 3 rings (SSSR count). The van der Waals surface area contributed by atoms with Gasteiger partial charge in [-0.1, -0.05) is 11.2 Å². The lowest BCUT2D eigenvalue weighted by atomic mass is 10.0. The van der Waals surface area contributed by atoms with Crippen LogP contribution in [0.3, 0.4) is 0 Å². The third kappa shape index (κ3) is 2.70. The van der Waals surface area contributed by atoms with E-state index in [1.165, 1.54) is 0 Å². The Morgan fingerprint density at radius 3 is 2.86 bits per heavy atom. The Hall–Kier alpha value is -1.95. The molecule has 5 nitrogen and oxygen atoms in total. The van der Waals surface area contributed by atoms with Crippen LogP contribution in [0.2, 0.25) is 0 Å². The van der Waals surface area contributed by atoms with Crippen LogP contribution in [0.1, 0.15) is 17.9 Å². The van der Waals surface area contributed by atoms with E-state index < -0.39 is 6.10 Å². The summed E-state index contributed by atoms with van der Waals surface area (Å²) in [5.41, 5.74) is 3.51. The molecule has 1 aliphatic heterocycles. The maximum atomic E-state index is 12.0. The number of benzene rings is 1. The fourth-order valence-corrected chi connectivity index (χ4v) is 3.06. The fourth-order valence-electron chi connectivity index (χ4n) is 2.61. The Morgan fingerprint density at radius 1 is 1.36 bits per heavy atom. The molecule has 1 aromatic carbocycles. The smallest absolute Gasteiger partial charge is 0.265 e. The van der Waals surface area contributed by atoms with Gasteiger partial charge in [-0.15, -0.1) is 0 Å². The zero-order valence-electron chi connectivity index (χ0n) is 12.8. The summed E-state index contributed by atoms with van der Waals surface area (Å²) in [6, 6.07) is 5.74. The van der Waals surface area contributed by atoms with Crippen LogP contribution in [0.25, 0.3) is 11.1 Å². The number of carbonyl (C=O) groups excluding carboxylic acids is 1. The second-order valence-electron chi connectivity index (χ2n) is 5.29. The predicted molar refractivity (Wildman–Crippen MR) is 87.5 cm³/mol. The van der Waals surface area contributed by atoms with Crippen LogP contribution in [0.15, 0.2) is 22.7 Å². The second kappa shape index (κ2) is 6.04. The van der Waals surface area contributed by atoms with Crippen molar-refractivity contribution in [2.24, 2.45) is 0 Å². The van der Waals surface area contributed by atoms with E-state index in [0.717, 1.165) is 28.3 Å². The summed E-state index contributed by atoms with van der Waals surface area (Å²) in [6.45, 7) is 3.80. The van der Waals surface area contributed by atoms with Crippen molar-refractivity contribution in [2.75, 3.05) is 17.3 Å². The molecule has 0 fully saturated rings. The van der Waals surface area contributed by atoms with E-state index in [4.69, 9.17) is 9.26 Å². The van der Waals surface area contributed by atoms with E-state index in [1.54, 1.807) is 11.8 Å². The molecular weight excluding hydrogens is 300 g/mol. The minimum Gasteiger partial charge on any atom is -0.478 e. The molecule has 0 saturated carbocycles. The molecule has 1 atom stereocenters. The summed E-state index contributed by atoms with van der Waals surface area (Å²) < 4.78 is 11.1. The number of aromatic nitrogens is 1. The summed E-state index contributed by atoms with van der Waals surface area (Å²) in [5.74, 6) is 2.28. The standard InChI is InChI=1S/C16H18N2O3S/c1-9-15(10(2)21-18-9)11-4-5-12-14(8-11)20-13(6-7-22-3)16(19)17-12/h4-5,8,13H,6-7H2,1-3H3,(H,17,19). The summed E-state index contributed by atoms with van der Waals surface area (Å²) >= 11 is 1.70. The Kier molecular flexibility index (Phi) is 4.11. The first kappa shape index (κ1) is 15.0. The number of nitrogens with one attached hydrogen (secondary N) is 1. The van der Waals surface area contributed by atoms with Crippen molar-refractivity contribution in [1.29, 1.82) is 0 Å². The maximum absolute atomic E-state index is 12.0. The number of amides is 1. The SMILES string of the molecule is CSCCC1Oc2cc(-c3c(C)noc3C)ccc2NC1=O. The lowest BCUT2D eigenvalue weighted by Gasteiger charge is -2.26. The van der Waals surface area contributed by atoms with E-state index in [9.17, 15) is 4.79 Å². The highest BCUT2D eigenvalue weighted by molar-refractivity contribution is 7.98. The molecule has 116 valence electrons. The quantitative estimate of drug-likeness (QED) is 0.936. The molecule has 1 amide bonds. The number of anilines is 1. The van der Waals surface area contributed by atoms with Crippen LogP contribution in [0.5, 0.6) is 5.75 Å². The number of thioether (sulfide) groups is 1. The van der Waals surface area contributed by atoms with Crippen molar-refractivity contribution in [3.05, 3.63) is 29.7 Å². The molecule has 2 heterocycles. The number of rotatable bonds is 4.